The number of hydrogen-bond acceptors (Lipinski definition) is 4. The number of hydrogen-bond donors (Lipinski definition) is 1. The number of rotatable bonds is 6. The number of amides is 1. The Bertz CT molecular complexity index is 875. The van der Waals surface area contributed by atoms with E-state index in [2.05, 4.69) is 27.6 Å². The minimum absolute atomic E-state index is 0.0430. The van der Waals surface area contributed by atoms with Crippen LogP contribution < -0.4 is 5.32 Å². The maximum atomic E-state index is 12.6. The molecule has 0 unspecified atom stereocenters. The van der Waals surface area contributed by atoms with E-state index in [9.17, 15) is 4.79 Å². The summed E-state index contributed by atoms with van der Waals surface area (Å²) < 4.78 is 1.84. The molecule has 0 spiro atoms. The topological polar surface area (TPSA) is 63.1 Å². The molecule has 0 saturated heterocycles. The van der Waals surface area contributed by atoms with Gasteiger partial charge in [-0.1, -0.05) is 42.5 Å². The summed E-state index contributed by atoms with van der Waals surface area (Å²) in [7, 11) is 3.84. The fraction of sp³-hybridized carbons (Fsp3) is 0.250. The van der Waals surface area contributed by atoms with Gasteiger partial charge in [0.05, 0.1) is 6.04 Å². The van der Waals surface area contributed by atoms with Crippen LogP contribution in [0.2, 0.25) is 0 Å². The first-order chi connectivity index (χ1) is 12.5. The van der Waals surface area contributed by atoms with E-state index in [0.29, 0.717) is 6.54 Å². The standard InChI is InChI=1S/C20H23N5O/c1-15(24(2)13-16-8-5-4-6-9-16)20(26)22-18-11-7-10-17(12-18)19-23-21-14-25(19)3/h4-12,14-15H,13H2,1-3H3,(H,22,26)/t15-/m0/s1. The summed E-state index contributed by atoms with van der Waals surface area (Å²) >= 11 is 0. The lowest BCUT2D eigenvalue weighted by Crippen LogP contribution is -2.39. The first-order valence-electron chi connectivity index (χ1n) is 8.54. The van der Waals surface area contributed by atoms with Crippen molar-refractivity contribution in [3.8, 4) is 11.4 Å². The number of benzene rings is 2. The highest BCUT2D eigenvalue weighted by Gasteiger charge is 2.18. The Hall–Kier alpha value is -2.99. The molecule has 1 amide bonds. The van der Waals surface area contributed by atoms with E-state index in [0.717, 1.165) is 17.1 Å². The van der Waals surface area contributed by atoms with E-state index in [1.807, 2.05) is 73.0 Å². The minimum atomic E-state index is -0.256. The molecular formula is C20H23N5O. The van der Waals surface area contributed by atoms with Crippen LogP contribution in [0.5, 0.6) is 0 Å². The number of carbonyl (C=O) groups excluding carboxylic acids is 1. The van der Waals surface area contributed by atoms with Gasteiger partial charge in [0.2, 0.25) is 5.91 Å². The summed E-state index contributed by atoms with van der Waals surface area (Å²) in [5.41, 5.74) is 2.84. The van der Waals surface area contributed by atoms with Crippen molar-refractivity contribution in [3.05, 3.63) is 66.5 Å². The van der Waals surface area contributed by atoms with Crippen LogP contribution >= 0.6 is 0 Å². The van der Waals surface area contributed by atoms with Gasteiger partial charge in [-0.3, -0.25) is 9.69 Å². The fourth-order valence-corrected chi connectivity index (χ4v) is 2.74. The Balaban J connectivity index is 1.66. The van der Waals surface area contributed by atoms with Gasteiger partial charge in [0.1, 0.15) is 6.33 Å². The van der Waals surface area contributed by atoms with Crippen molar-refractivity contribution in [3.63, 3.8) is 0 Å². The van der Waals surface area contributed by atoms with Crippen molar-refractivity contribution in [2.45, 2.75) is 19.5 Å². The highest BCUT2D eigenvalue weighted by atomic mass is 16.2. The first-order valence-corrected chi connectivity index (χ1v) is 8.54. The smallest absolute Gasteiger partial charge is 0.241 e. The molecule has 1 aromatic heterocycles. The SMILES string of the molecule is C[C@@H](C(=O)Nc1cccc(-c2nncn2C)c1)N(C)Cc1ccccc1. The van der Waals surface area contributed by atoms with Gasteiger partial charge in [0.25, 0.3) is 0 Å². The lowest BCUT2D eigenvalue weighted by Gasteiger charge is -2.24. The summed E-state index contributed by atoms with van der Waals surface area (Å²) in [6.45, 7) is 2.62. The van der Waals surface area contributed by atoms with E-state index in [-0.39, 0.29) is 11.9 Å². The van der Waals surface area contributed by atoms with Gasteiger partial charge in [-0.15, -0.1) is 10.2 Å². The summed E-state index contributed by atoms with van der Waals surface area (Å²) in [4.78, 5) is 14.6. The molecule has 6 heteroatoms. The molecule has 0 aliphatic heterocycles. The Morgan fingerprint density at radius 1 is 1.19 bits per heavy atom. The average molecular weight is 349 g/mol. The maximum absolute atomic E-state index is 12.6. The predicted octanol–water partition coefficient (Wildman–Crippen LogP) is 2.94. The third-order valence-corrected chi connectivity index (χ3v) is 4.42. The summed E-state index contributed by atoms with van der Waals surface area (Å²) in [6, 6.07) is 17.5. The van der Waals surface area contributed by atoms with Crippen molar-refractivity contribution < 1.29 is 4.79 Å². The Kier molecular flexibility index (Phi) is 5.43. The second kappa shape index (κ2) is 7.93. The first kappa shape index (κ1) is 17.8. The van der Waals surface area contributed by atoms with Gasteiger partial charge >= 0.3 is 0 Å². The van der Waals surface area contributed by atoms with Crippen LogP contribution in [0, 0.1) is 0 Å². The summed E-state index contributed by atoms with van der Waals surface area (Å²) in [6.07, 6.45) is 1.65. The van der Waals surface area contributed by atoms with Crippen LogP contribution in [0.15, 0.2) is 60.9 Å². The van der Waals surface area contributed by atoms with Gasteiger partial charge in [0, 0.05) is 24.8 Å². The molecule has 0 radical (unpaired) electrons. The number of likely N-dealkylation sites (N-methyl/N-ethyl adjacent to an activating group) is 1. The third kappa shape index (κ3) is 4.15. The van der Waals surface area contributed by atoms with Crippen molar-refractivity contribution in [1.29, 1.82) is 0 Å². The molecule has 1 N–H and O–H groups in total. The normalized spacial score (nSPS) is 12.2. The third-order valence-electron chi connectivity index (χ3n) is 4.42. The van der Waals surface area contributed by atoms with Gasteiger partial charge < -0.3 is 9.88 Å². The minimum Gasteiger partial charge on any atom is -0.325 e. The molecule has 0 bridgehead atoms. The molecule has 0 saturated carbocycles. The van der Waals surface area contributed by atoms with E-state index in [1.165, 1.54) is 5.56 Å². The van der Waals surface area contributed by atoms with Crippen molar-refractivity contribution in [2.75, 3.05) is 12.4 Å². The molecule has 0 fully saturated rings. The van der Waals surface area contributed by atoms with Crippen molar-refractivity contribution in [1.82, 2.24) is 19.7 Å². The molecule has 0 aliphatic rings. The quantitative estimate of drug-likeness (QED) is 0.743. The number of aromatic nitrogens is 3. The van der Waals surface area contributed by atoms with Crippen LogP contribution in [0.3, 0.4) is 0 Å². The lowest BCUT2D eigenvalue weighted by atomic mass is 10.1. The summed E-state index contributed by atoms with van der Waals surface area (Å²) in [5, 5.41) is 11.0. The number of nitrogens with zero attached hydrogens (tertiary/aromatic N) is 4. The number of anilines is 1. The summed E-state index contributed by atoms with van der Waals surface area (Å²) in [5.74, 6) is 0.717. The Morgan fingerprint density at radius 3 is 2.65 bits per heavy atom. The Morgan fingerprint density at radius 2 is 1.96 bits per heavy atom. The van der Waals surface area contributed by atoms with Crippen LogP contribution in [0.4, 0.5) is 5.69 Å². The fourth-order valence-electron chi connectivity index (χ4n) is 2.74. The number of nitrogens with one attached hydrogen (secondary N) is 1. The van der Waals surface area contributed by atoms with Gasteiger partial charge in [-0.2, -0.15) is 0 Å². The zero-order chi connectivity index (χ0) is 18.5. The van der Waals surface area contributed by atoms with Gasteiger partial charge in [-0.05, 0) is 31.7 Å². The highest BCUT2D eigenvalue weighted by molar-refractivity contribution is 5.95. The highest BCUT2D eigenvalue weighted by Crippen LogP contribution is 2.20. The largest absolute Gasteiger partial charge is 0.325 e. The van der Waals surface area contributed by atoms with Crippen LogP contribution in [-0.4, -0.2) is 38.7 Å². The predicted molar refractivity (Wildman–Crippen MR) is 102 cm³/mol. The molecule has 1 atom stereocenters. The lowest BCUT2D eigenvalue weighted by molar-refractivity contribution is -0.120. The monoisotopic (exact) mass is 349 g/mol. The number of aryl methyl sites for hydroxylation is 1. The second-order valence-electron chi connectivity index (χ2n) is 6.41. The zero-order valence-corrected chi connectivity index (χ0v) is 15.3. The zero-order valence-electron chi connectivity index (χ0n) is 15.3. The van der Waals surface area contributed by atoms with Crippen LogP contribution in [0.25, 0.3) is 11.4 Å². The van der Waals surface area contributed by atoms with Crippen LogP contribution in [0.1, 0.15) is 12.5 Å². The number of carbonyl (C=O) groups is 1. The molecule has 6 nitrogen and oxygen atoms in total. The molecule has 2 aromatic carbocycles. The molecule has 1 heterocycles. The molecule has 3 aromatic rings. The van der Waals surface area contributed by atoms with Crippen molar-refractivity contribution >= 4 is 11.6 Å². The van der Waals surface area contributed by atoms with E-state index in [4.69, 9.17) is 0 Å². The Labute approximate surface area is 153 Å². The second-order valence-corrected chi connectivity index (χ2v) is 6.41. The van der Waals surface area contributed by atoms with E-state index >= 15 is 0 Å². The van der Waals surface area contributed by atoms with E-state index < -0.39 is 0 Å². The van der Waals surface area contributed by atoms with E-state index in [1.54, 1.807) is 6.33 Å². The molecule has 134 valence electrons. The molecule has 0 aliphatic carbocycles. The van der Waals surface area contributed by atoms with Crippen LogP contribution in [-0.2, 0) is 18.4 Å². The molecule has 26 heavy (non-hydrogen) atoms. The van der Waals surface area contributed by atoms with Gasteiger partial charge in [-0.25, -0.2) is 0 Å². The molecule has 3 rings (SSSR count). The molecular weight excluding hydrogens is 326 g/mol. The van der Waals surface area contributed by atoms with Gasteiger partial charge in [0.15, 0.2) is 5.82 Å². The maximum Gasteiger partial charge on any atom is 0.241 e. The average Bonchev–Trinajstić information content (AvgIpc) is 3.08. The van der Waals surface area contributed by atoms with Crippen molar-refractivity contribution in [2.24, 2.45) is 7.05 Å².